The van der Waals surface area contributed by atoms with Crippen LogP contribution in [0.15, 0.2) is 18.2 Å². The van der Waals surface area contributed by atoms with Gasteiger partial charge in [-0.1, -0.05) is 0 Å². The van der Waals surface area contributed by atoms with Crippen molar-refractivity contribution in [2.45, 2.75) is 50.7 Å². The Labute approximate surface area is 217 Å². The number of rotatable bonds is 9. The van der Waals surface area contributed by atoms with Crippen molar-refractivity contribution >= 4 is 44.1 Å². The molecule has 8 nitrogen and oxygen atoms in total. The summed E-state index contributed by atoms with van der Waals surface area (Å²) in [6.07, 6.45) is -6.89. The Morgan fingerprint density at radius 1 is 1.03 bits per heavy atom. The van der Waals surface area contributed by atoms with Crippen molar-refractivity contribution in [2.75, 3.05) is 11.1 Å². The van der Waals surface area contributed by atoms with Crippen LogP contribution in [-0.2, 0) is 40.7 Å². The number of aryl methyl sites for hydroxylation is 2. The molecule has 0 spiro atoms. The van der Waals surface area contributed by atoms with Gasteiger partial charge >= 0.3 is 12.7 Å². The molecule has 16 heteroatoms. The second-order valence-electron chi connectivity index (χ2n) is 8.24. The van der Waals surface area contributed by atoms with Crippen molar-refractivity contribution in [1.82, 2.24) is 9.97 Å². The van der Waals surface area contributed by atoms with Crippen molar-refractivity contribution in [3.05, 3.63) is 40.0 Å². The Hall–Kier alpha value is -3.14. The van der Waals surface area contributed by atoms with Gasteiger partial charge in [0.15, 0.2) is 0 Å². The summed E-state index contributed by atoms with van der Waals surface area (Å²) in [4.78, 5) is 21.2. The van der Waals surface area contributed by atoms with Crippen LogP contribution in [0.25, 0.3) is 10.2 Å². The number of anilines is 1. The molecule has 0 saturated heterocycles. The molecule has 2 aromatic heterocycles. The summed E-state index contributed by atoms with van der Waals surface area (Å²) in [6.45, 7) is -0.276. The molecule has 1 atom stereocenters. The molecule has 0 aliphatic heterocycles. The number of ether oxygens (including phenoxy) is 2. The molecule has 3 aromatic rings. The molecule has 2 heterocycles. The second-order valence-corrected chi connectivity index (χ2v) is 10.8. The van der Waals surface area contributed by atoms with Gasteiger partial charge in [-0.3, -0.25) is 4.21 Å². The van der Waals surface area contributed by atoms with Crippen molar-refractivity contribution in [1.29, 1.82) is 0 Å². The van der Waals surface area contributed by atoms with E-state index in [0.29, 0.717) is 16.3 Å². The quantitative estimate of drug-likeness (QED) is 0.377. The number of thiophene rings is 1. The van der Waals surface area contributed by atoms with Crippen LogP contribution in [0.5, 0.6) is 11.5 Å². The van der Waals surface area contributed by atoms with Gasteiger partial charge in [-0.15, -0.1) is 37.7 Å². The molecule has 0 radical (unpaired) electrons. The number of carbonyl (C=O) groups is 1. The monoisotopic (exact) mass is 582 g/mol. The first-order valence-electron chi connectivity index (χ1n) is 11.0. The fraction of sp³-hybridized carbons (Fsp3) is 0.409. The van der Waals surface area contributed by atoms with Crippen LogP contribution < -0.4 is 19.9 Å². The molecule has 4 rings (SSSR count). The van der Waals surface area contributed by atoms with E-state index in [2.05, 4.69) is 24.8 Å². The number of aliphatic carboxylic acids is 1. The van der Waals surface area contributed by atoms with Crippen LogP contribution in [0, 0.1) is 0 Å². The zero-order chi connectivity index (χ0) is 27.7. The number of hydrogen-bond acceptors (Lipinski definition) is 9. The number of nitrogens with one attached hydrogen (secondary N) is 1. The van der Waals surface area contributed by atoms with Crippen LogP contribution in [0.4, 0.5) is 32.2 Å². The maximum Gasteiger partial charge on any atom is 0.573 e. The van der Waals surface area contributed by atoms with Gasteiger partial charge in [0.05, 0.1) is 22.9 Å². The molecule has 1 unspecified atom stereocenters. The second kappa shape index (κ2) is 10.9. The predicted octanol–water partition coefficient (Wildman–Crippen LogP) is 3.98. The maximum atomic E-state index is 12.7. The SMILES string of the molecule is O=C([O-])CS(=O)Cc1nc(NCc2cc(OC(F)(F)F)cc(OC(F)(F)F)c2)c2c3c(sc2n1)CCCC3. The fourth-order valence-corrected chi connectivity index (χ4v) is 6.09. The van der Waals surface area contributed by atoms with Gasteiger partial charge in [0.2, 0.25) is 0 Å². The zero-order valence-electron chi connectivity index (χ0n) is 19.2. The van der Waals surface area contributed by atoms with Crippen LogP contribution in [0.2, 0.25) is 0 Å². The summed E-state index contributed by atoms with van der Waals surface area (Å²) in [7, 11) is -1.86. The Bertz CT molecular complexity index is 1340. The number of halogens is 6. The first-order valence-corrected chi connectivity index (χ1v) is 13.3. The molecule has 0 fully saturated rings. The summed E-state index contributed by atoms with van der Waals surface area (Å²) in [5, 5.41) is 14.4. The third-order valence-corrected chi connectivity index (χ3v) is 7.62. The van der Waals surface area contributed by atoms with Gasteiger partial charge in [-0.2, -0.15) is 0 Å². The molecule has 0 amide bonds. The number of nitrogens with zero attached hydrogens (tertiary/aromatic N) is 2. The molecule has 0 bridgehead atoms. The third-order valence-electron chi connectivity index (χ3n) is 5.30. The van der Waals surface area contributed by atoms with Gasteiger partial charge in [-0.05, 0) is 48.9 Å². The number of benzene rings is 1. The van der Waals surface area contributed by atoms with E-state index >= 15 is 0 Å². The lowest BCUT2D eigenvalue weighted by Crippen LogP contribution is -2.28. The number of carbonyl (C=O) groups excluding carboxylic acids is 1. The van der Waals surface area contributed by atoms with E-state index in [-0.39, 0.29) is 29.5 Å². The van der Waals surface area contributed by atoms with Crippen LogP contribution in [0.1, 0.15) is 34.7 Å². The smallest absolute Gasteiger partial charge is 0.549 e. The fourth-order valence-electron chi connectivity index (χ4n) is 4.02. The number of carboxylic acids is 1. The highest BCUT2D eigenvalue weighted by Crippen LogP contribution is 2.39. The average Bonchev–Trinajstić information content (AvgIpc) is 3.12. The predicted molar refractivity (Wildman–Crippen MR) is 123 cm³/mol. The Morgan fingerprint density at radius 2 is 1.66 bits per heavy atom. The summed E-state index contributed by atoms with van der Waals surface area (Å²) in [6, 6.07) is 2.27. The molecule has 1 aliphatic rings. The lowest BCUT2D eigenvalue weighted by Gasteiger charge is -2.16. The molecular weight excluding hydrogens is 564 g/mol. The van der Waals surface area contributed by atoms with E-state index < -0.39 is 46.7 Å². The van der Waals surface area contributed by atoms with Crippen molar-refractivity contribution in [3.63, 3.8) is 0 Å². The summed E-state index contributed by atoms with van der Waals surface area (Å²) in [5.74, 6) is -4.04. The maximum absolute atomic E-state index is 12.7. The van der Waals surface area contributed by atoms with Gasteiger partial charge < -0.3 is 24.7 Å². The van der Waals surface area contributed by atoms with Gasteiger partial charge in [0.25, 0.3) is 0 Å². The molecule has 1 aliphatic carbocycles. The minimum absolute atomic E-state index is 0.0380. The Morgan fingerprint density at radius 3 is 2.26 bits per heavy atom. The van der Waals surface area contributed by atoms with Crippen LogP contribution in [0.3, 0.4) is 0 Å². The lowest BCUT2D eigenvalue weighted by molar-refractivity contribution is -0.301. The molecule has 1 aromatic carbocycles. The first-order chi connectivity index (χ1) is 17.8. The highest BCUT2D eigenvalue weighted by molar-refractivity contribution is 7.84. The Balaban J connectivity index is 1.68. The van der Waals surface area contributed by atoms with Crippen molar-refractivity contribution in [2.24, 2.45) is 0 Å². The van der Waals surface area contributed by atoms with E-state index in [9.17, 15) is 40.5 Å². The highest BCUT2D eigenvalue weighted by Gasteiger charge is 2.34. The van der Waals surface area contributed by atoms with E-state index in [4.69, 9.17) is 0 Å². The summed E-state index contributed by atoms with van der Waals surface area (Å²) in [5.41, 5.74) is 0.945. The van der Waals surface area contributed by atoms with Gasteiger partial charge in [-0.25, -0.2) is 9.97 Å². The van der Waals surface area contributed by atoms with Crippen molar-refractivity contribution < 1.29 is 49.9 Å². The van der Waals surface area contributed by atoms with Crippen LogP contribution >= 0.6 is 11.3 Å². The number of aromatic nitrogens is 2. The minimum Gasteiger partial charge on any atom is -0.549 e. The number of hydrogen-bond donors (Lipinski definition) is 1. The summed E-state index contributed by atoms with van der Waals surface area (Å²) >= 11 is 1.40. The summed E-state index contributed by atoms with van der Waals surface area (Å²) < 4.78 is 96.1. The van der Waals surface area contributed by atoms with Crippen molar-refractivity contribution in [3.8, 4) is 11.5 Å². The van der Waals surface area contributed by atoms with E-state index in [1.165, 1.54) is 11.3 Å². The third kappa shape index (κ3) is 7.46. The van der Waals surface area contributed by atoms with Gasteiger partial charge in [0, 0.05) is 28.3 Å². The largest absolute Gasteiger partial charge is 0.573 e. The zero-order valence-corrected chi connectivity index (χ0v) is 20.8. The number of fused-ring (bicyclic) bond motifs is 3. The molecule has 0 saturated carbocycles. The van der Waals surface area contributed by atoms with E-state index in [1.54, 1.807) is 0 Å². The average molecular weight is 583 g/mol. The van der Waals surface area contributed by atoms with Crippen LogP contribution in [-0.4, -0.2) is 38.6 Å². The standard InChI is InChI=1S/C22H19F6N3O5S2/c23-21(24,25)35-12-5-11(6-13(7-12)36-22(26,27)28)8-29-19-18-14-3-1-2-4-15(14)37-20(18)31-16(30-19)9-38(34)10-17(32)33/h5-7H,1-4,8-10H2,(H,32,33)(H,29,30,31)/p-1. The number of alkyl halides is 6. The topological polar surface area (TPSA) is 113 Å². The first kappa shape index (κ1) is 27.9. The van der Waals surface area contributed by atoms with E-state index in [1.807, 2.05) is 0 Å². The van der Waals surface area contributed by atoms with E-state index in [0.717, 1.165) is 48.3 Å². The number of carboxylic acid groups (broad SMARTS) is 1. The normalized spacial score (nSPS) is 14.7. The molecular formula is C22H18F6N3O5S2-. The molecule has 206 valence electrons. The molecule has 38 heavy (non-hydrogen) atoms. The highest BCUT2D eigenvalue weighted by atomic mass is 32.2. The Kier molecular flexibility index (Phi) is 8.01. The lowest BCUT2D eigenvalue weighted by atomic mass is 9.97. The minimum atomic E-state index is -5.15. The molecule has 1 N–H and O–H groups in total. The van der Waals surface area contributed by atoms with Gasteiger partial charge in [0.1, 0.15) is 28.0 Å².